The zero-order valence-corrected chi connectivity index (χ0v) is 22.3. The van der Waals surface area contributed by atoms with Gasteiger partial charge in [0.2, 0.25) is 0 Å². The quantitative estimate of drug-likeness (QED) is 0.156. The number of hydrogen-bond donors (Lipinski definition) is 0. The molecule has 0 bridgehead atoms. The first-order chi connectivity index (χ1) is 18.5. The van der Waals surface area contributed by atoms with Gasteiger partial charge < -0.3 is 14.2 Å². The molecular weight excluding hydrogens is 472 g/mol. The van der Waals surface area contributed by atoms with Gasteiger partial charge in [0.15, 0.2) is 11.6 Å². The van der Waals surface area contributed by atoms with Gasteiger partial charge in [-0.25, -0.2) is 0 Å². The Morgan fingerprint density at radius 1 is 0.868 bits per heavy atom. The van der Waals surface area contributed by atoms with Crippen molar-refractivity contribution in [2.45, 2.75) is 26.9 Å². The van der Waals surface area contributed by atoms with Crippen LogP contribution in [0.3, 0.4) is 0 Å². The van der Waals surface area contributed by atoms with Crippen LogP contribution in [0.15, 0.2) is 91.1 Å². The fourth-order valence-electron chi connectivity index (χ4n) is 4.35. The molecule has 0 aliphatic carbocycles. The number of ether oxygens (including phenoxy) is 1. The highest BCUT2D eigenvalue weighted by atomic mass is 16.5. The first-order valence-corrected chi connectivity index (χ1v) is 13.0. The van der Waals surface area contributed by atoms with E-state index in [1.807, 2.05) is 90.6 Å². The van der Waals surface area contributed by atoms with Gasteiger partial charge >= 0.3 is 0 Å². The van der Waals surface area contributed by atoms with Crippen LogP contribution in [0, 0.1) is 0 Å². The maximum Gasteiger partial charge on any atom is 0.163 e. The summed E-state index contributed by atoms with van der Waals surface area (Å²) in [6.07, 6.45) is 8.25. The number of carbonyl (C=O) groups is 2. The molecule has 0 atom stereocenters. The van der Waals surface area contributed by atoms with Crippen LogP contribution in [-0.4, -0.2) is 29.2 Å². The van der Waals surface area contributed by atoms with Gasteiger partial charge in [-0.1, -0.05) is 48.5 Å². The van der Waals surface area contributed by atoms with E-state index in [-0.39, 0.29) is 18.0 Å². The Morgan fingerprint density at radius 2 is 1.61 bits per heavy atom. The molecule has 1 heterocycles. The molecule has 0 saturated heterocycles. The summed E-state index contributed by atoms with van der Waals surface area (Å²) >= 11 is 0. The van der Waals surface area contributed by atoms with Gasteiger partial charge in [-0.3, -0.25) is 9.59 Å². The van der Waals surface area contributed by atoms with Gasteiger partial charge in [-0.2, -0.15) is 0 Å². The van der Waals surface area contributed by atoms with Gasteiger partial charge in [-0.15, -0.1) is 0 Å². The maximum atomic E-state index is 12.6. The number of anilines is 1. The molecule has 0 N–H and O–H groups in total. The van der Waals surface area contributed by atoms with Crippen molar-refractivity contribution in [2.75, 3.05) is 18.0 Å². The van der Waals surface area contributed by atoms with E-state index >= 15 is 0 Å². The van der Waals surface area contributed by atoms with Crippen molar-refractivity contribution in [2.24, 2.45) is 7.05 Å². The molecule has 194 valence electrons. The van der Waals surface area contributed by atoms with Crippen molar-refractivity contribution in [3.63, 3.8) is 0 Å². The summed E-state index contributed by atoms with van der Waals surface area (Å²) in [7, 11) is 1.99. The topological polar surface area (TPSA) is 51.5 Å². The molecule has 5 nitrogen and oxygen atoms in total. The number of ketones is 2. The predicted molar refractivity (Wildman–Crippen MR) is 156 cm³/mol. The average molecular weight is 507 g/mol. The van der Waals surface area contributed by atoms with E-state index in [9.17, 15) is 9.59 Å². The Labute approximate surface area is 224 Å². The van der Waals surface area contributed by atoms with Crippen LogP contribution in [0.2, 0.25) is 0 Å². The normalized spacial score (nSPS) is 11.4. The molecule has 4 aromatic rings. The van der Waals surface area contributed by atoms with Crippen molar-refractivity contribution in [3.05, 3.63) is 108 Å². The van der Waals surface area contributed by atoms with Crippen LogP contribution in [-0.2, 0) is 23.2 Å². The zero-order valence-electron chi connectivity index (χ0n) is 22.3. The van der Waals surface area contributed by atoms with Crippen molar-refractivity contribution >= 4 is 40.3 Å². The first-order valence-electron chi connectivity index (χ1n) is 13.0. The van der Waals surface area contributed by atoms with E-state index in [4.69, 9.17) is 4.74 Å². The van der Waals surface area contributed by atoms with E-state index in [1.165, 1.54) is 12.2 Å². The number of fused-ring (bicyclic) bond motifs is 1. The van der Waals surface area contributed by atoms with Crippen LogP contribution < -0.4 is 9.64 Å². The summed E-state index contributed by atoms with van der Waals surface area (Å²) < 4.78 is 8.20. The van der Waals surface area contributed by atoms with E-state index in [0.29, 0.717) is 12.4 Å². The average Bonchev–Trinajstić information content (AvgIpc) is 3.31. The van der Waals surface area contributed by atoms with E-state index < -0.39 is 0 Å². The summed E-state index contributed by atoms with van der Waals surface area (Å²) in [6, 6.07) is 24.0. The van der Waals surface area contributed by atoms with Crippen LogP contribution in [0.5, 0.6) is 5.75 Å². The monoisotopic (exact) mass is 506 g/mol. The van der Waals surface area contributed by atoms with Gasteiger partial charge in [-0.05, 0) is 72.9 Å². The summed E-state index contributed by atoms with van der Waals surface area (Å²) in [5, 5.41) is 1.15. The van der Waals surface area contributed by atoms with Crippen molar-refractivity contribution < 1.29 is 14.3 Å². The molecule has 0 radical (unpaired) electrons. The van der Waals surface area contributed by atoms with Gasteiger partial charge in [0.05, 0.1) is 6.42 Å². The number of aryl methyl sites for hydroxylation is 1. The van der Waals surface area contributed by atoms with Crippen LogP contribution >= 0.6 is 0 Å². The minimum Gasteiger partial charge on any atom is -0.488 e. The summed E-state index contributed by atoms with van der Waals surface area (Å²) in [5.41, 5.74) is 4.94. The Kier molecular flexibility index (Phi) is 8.94. The third-order valence-corrected chi connectivity index (χ3v) is 6.53. The summed E-state index contributed by atoms with van der Waals surface area (Å²) in [4.78, 5) is 27.3. The molecule has 0 amide bonds. The molecule has 0 saturated carbocycles. The third-order valence-electron chi connectivity index (χ3n) is 6.53. The van der Waals surface area contributed by atoms with Crippen molar-refractivity contribution in [3.8, 4) is 5.75 Å². The van der Waals surface area contributed by atoms with Crippen molar-refractivity contribution in [1.29, 1.82) is 0 Å². The maximum absolute atomic E-state index is 12.6. The Hall–Kier alpha value is -4.38. The molecule has 0 aliphatic rings. The second-order valence-corrected chi connectivity index (χ2v) is 9.19. The van der Waals surface area contributed by atoms with Gasteiger partial charge in [0.25, 0.3) is 0 Å². The predicted octanol–water partition coefficient (Wildman–Crippen LogP) is 6.86. The fourth-order valence-corrected chi connectivity index (χ4v) is 4.35. The highest BCUT2D eigenvalue weighted by Crippen LogP contribution is 2.28. The fraction of sp³-hybridized carbons (Fsp3) is 0.212. The van der Waals surface area contributed by atoms with E-state index in [1.54, 1.807) is 12.2 Å². The van der Waals surface area contributed by atoms with Gasteiger partial charge in [0.1, 0.15) is 12.4 Å². The Balaban J connectivity index is 1.43. The lowest BCUT2D eigenvalue weighted by molar-refractivity contribution is -0.121. The van der Waals surface area contributed by atoms with E-state index in [0.717, 1.165) is 46.4 Å². The second kappa shape index (κ2) is 12.7. The third kappa shape index (κ3) is 6.88. The molecule has 5 heteroatoms. The second-order valence-electron chi connectivity index (χ2n) is 9.19. The smallest absolute Gasteiger partial charge is 0.163 e. The first kappa shape index (κ1) is 26.7. The number of allylic oxidation sites excluding steroid dienone is 2. The standard InChI is InChI=1S/C33H34N2O3/c1-4-35(5-2)29-16-14-28(33(22-29)38-24-26-9-7-6-8-10-26)15-18-31(37)23-30(36)17-12-25-11-13-27-19-20-34(3)32(27)21-25/h6-22H,4-5,23-24H2,1-3H3/b17-12+,18-15+. The number of rotatable bonds is 12. The number of carbonyl (C=O) groups excluding carboxylic acids is 2. The molecular formula is C33H34N2O3. The molecule has 0 spiro atoms. The Morgan fingerprint density at radius 3 is 2.34 bits per heavy atom. The highest BCUT2D eigenvalue weighted by molar-refractivity contribution is 6.11. The van der Waals surface area contributed by atoms with Crippen LogP contribution in [0.25, 0.3) is 23.1 Å². The number of aromatic nitrogens is 1. The molecule has 0 unspecified atom stereocenters. The highest BCUT2D eigenvalue weighted by Gasteiger charge is 2.10. The molecule has 4 rings (SSSR count). The molecule has 0 fully saturated rings. The minimum absolute atomic E-state index is 0.183. The summed E-state index contributed by atoms with van der Waals surface area (Å²) in [6.45, 7) is 6.43. The largest absolute Gasteiger partial charge is 0.488 e. The number of hydrogen-bond acceptors (Lipinski definition) is 4. The van der Waals surface area contributed by atoms with Crippen LogP contribution in [0.4, 0.5) is 5.69 Å². The molecule has 38 heavy (non-hydrogen) atoms. The number of nitrogens with zero attached hydrogens (tertiary/aromatic N) is 2. The molecule has 3 aromatic carbocycles. The lowest BCUT2D eigenvalue weighted by Crippen LogP contribution is -2.21. The minimum atomic E-state index is -0.251. The van der Waals surface area contributed by atoms with E-state index in [2.05, 4.69) is 18.7 Å². The van der Waals surface area contributed by atoms with Crippen LogP contribution in [0.1, 0.15) is 37.0 Å². The van der Waals surface area contributed by atoms with Crippen molar-refractivity contribution in [1.82, 2.24) is 4.57 Å². The molecule has 0 aliphatic heterocycles. The lowest BCUT2D eigenvalue weighted by Gasteiger charge is -2.22. The number of benzene rings is 3. The SMILES string of the molecule is CCN(CC)c1ccc(/C=C/C(=O)CC(=O)/C=C/c2ccc3ccn(C)c3c2)c(OCc2ccccc2)c1. The lowest BCUT2D eigenvalue weighted by atomic mass is 10.1. The molecule has 1 aromatic heterocycles. The Bertz CT molecular complexity index is 1460. The summed E-state index contributed by atoms with van der Waals surface area (Å²) in [5.74, 6) is 0.216. The van der Waals surface area contributed by atoms with Gasteiger partial charge in [0, 0.05) is 49.2 Å². The zero-order chi connectivity index (χ0) is 26.9.